The van der Waals surface area contributed by atoms with Gasteiger partial charge in [-0.25, -0.2) is 4.98 Å². The maximum absolute atomic E-state index is 5.70. The van der Waals surface area contributed by atoms with E-state index >= 15 is 0 Å². The molecule has 0 saturated heterocycles. The molecule has 0 aliphatic carbocycles. The maximum atomic E-state index is 5.70. The highest BCUT2D eigenvalue weighted by Crippen LogP contribution is 2.22. The molecule has 0 saturated carbocycles. The Bertz CT molecular complexity index is 549. The van der Waals surface area contributed by atoms with Gasteiger partial charge < -0.3 is 15.6 Å². The lowest BCUT2D eigenvalue weighted by atomic mass is 10.1. The van der Waals surface area contributed by atoms with Crippen LogP contribution in [0.15, 0.2) is 18.2 Å². The summed E-state index contributed by atoms with van der Waals surface area (Å²) in [4.78, 5) is 4.67. The van der Waals surface area contributed by atoms with Gasteiger partial charge in [0, 0.05) is 18.6 Å². The summed E-state index contributed by atoms with van der Waals surface area (Å²) in [6, 6.07) is 6.33. The zero-order valence-electron chi connectivity index (χ0n) is 11.6. The van der Waals surface area contributed by atoms with Gasteiger partial charge in [0.25, 0.3) is 0 Å². The van der Waals surface area contributed by atoms with Crippen molar-refractivity contribution in [3.63, 3.8) is 0 Å². The van der Waals surface area contributed by atoms with Gasteiger partial charge >= 0.3 is 0 Å². The van der Waals surface area contributed by atoms with Crippen molar-refractivity contribution in [1.82, 2.24) is 9.55 Å². The molecule has 1 aromatic carbocycles. The Morgan fingerprint density at radius 2 is 2.06 bits per heavy atom. The van der Waals surface area contributed by atoms with Gasteiger partial charge in [-0.15, -0.1) is 0 Å². The average Bonchev–Trinajstić information content (AvgIpc) is 2.54. The van der Waals surface area contributed by atoms with Gasteiger partial charge in [0.1, 0.15) is 0 Å². The summed E-state index contributed by atoms with van der Waals surface area (Å²) in [5.41, 5.74) is 9.07. The predicted molar refractivity (Wildman–Crippen MR) is 76.9 cm³/mol. The first kappa shape index (κ1) is 12.9. The number of nitrogens with one attached hydrogen (secondary N) is 1. The lowest BCUT2D eigenvalue weighted by Crippen LogP contribution is -2.28. The van der Waals surface area contributed by atoms with Gasteiger partial charge in [-0.3, -0.25) is 0 Å². The molecule has 0 bridgehead atoms. The van der Waals surface area contributed by atoms with Crippen molar-refractivity contribution >= 4 is 17.0 Å². The van der Waals surface area contributed by atoms with Crippen LogP contribution in [-0.2, 0) is 6.54 Å². The third-order valence-corrected chi connectivity index (χ3v) is 2.74. The van der Waals surface area contributed by atoms with E-state index in [1.807, 2.05) is 0 Å². The van der Waals surface area contributed by atoms with Crippen molar-refractivity contribution in [3.05, 3.63) is 23.8 Å². The van der Waals surface area contributed by atoms with Crippen molar-refractivity contribution in [1.29, 1.82) is 0 Å². The first-order valence-electron chi connectivity index (χ1n) is 6.36. The fourth-order valence-electron chi connectivity index (χ4n) is 2.03. The van der Waals surface area contributed by atoms with Crippen LogP contribution >= 0.6 is 0 Å². The number of anilines is 1. The fourth-order valence-corrected chi connectivity index (χ4v) is 2.03. The van der Waals surface area contributed by atoms with Crippen LogP contribution in [0.3, 0.4) is 0 Å². The zero-order valence-corrected chi connectivity index (χ0v) is 11.6. The molecule has 2 aromatic rings. The molecular formula is C14H22N4. The number of hydrogen-bond acceptors (Lipinski definition) is 3. The highest BCUT2D eigenvalue weighted by Gasteiger charge is 2.16. The number of benzene rings is 1. The van der Waals surface area contributed by atoms with Crippen molar-refractivity contribution in [2.45, 2.75) is 39.8 Å². The van der Waals surface area contributed by atoms with Crippen molar-refractivity contribution in [2.75, 3.05) is 11.9 Å². The summed E-state index contributed by atoms with van der Waals surface area (Å²) in [5.74, 6) is 0.897. The van der Waals surface area contributed by atoms with E-state index in [-0.39, 0.29) is 5.54 Å². The molecule has 1 aromatic heterocycles. The molecule has 4 nitrogen and oxygen atoms in total. The van der Waals surface area contributed by atoms with E-state index in [4.69, 9.17) is 5.73 Å². The molecule has 0 radical (unpaired) electrons. The van der Waals surface area contributed by atoms with E-state index in [0.29, 0.717) is 6.54 Å². The highest BCUT2D eigenvalue weighted by atomic mass is 15.2. The summed E-state index contributed by atoms with van der Waals surface area (Å²) in [6.07, 6.45) is 0. The molecule has 0 aliphatic heterocycles. The maximum Gasteiger partial charge on any atom is 0.204 e. The van der Waals surface area contributed by atoms with Crippen LogP contribution in [0.1, 0.15) is 26.3 Å². The van der Waals surface area contributed by atoms with E-state index in [1.165, 1.54) is 5.56 Å². The van der Waals surface area contributed by atoms with Gasteiger partial charge in [-0.2, -0.15) is 0 Å². The third-order valence-electron chi connectivity index (χ3n) is 2.74. The standard InChI is InChI=1S/C14H22N4/c1-10-5-6-12-11(9-10)16-13(17-14(2,3)4)18(12)8-7-15/h5-6,9H,7-8,15H2,1-4H3,(H,16,17). The Labute approximate surface area is 108 Å². The molecule has 1 heterocycles. The number of nitrogens with zero attached hydrogens (tertiary/aromatic N) is 2. The van der Waals surface area contributed by atoms with Crippen LogP contribution in [0.25, 0.3) is 11.0 Å². The third kappa shape index (κ3) is 2.64. The van der Waals surface area contributed by atoms with Crippen LogP contribution in [0.5, 0.6) is 0 Å². The number of hydrogen-bond donors (Lipinski definition) is 2. The fraction of sp³-hybridized carbons (Fsp3) is 0.500. The van der Waals surface area contributed by atoms with Gasteiger partial charge in [-0.05, 0) is 45.4 Å². The summed E-state index contributed by atoms with van der Waals surface area (Å²) in [5, 5.41) is 3.44. The van der Waals surface area contributed by atoms with E-state index < -0.39 is 0 Å². The van der Waals surface area contributed by atoms with E-state index in [2.05, 4.69) is 60.8 Å². The number of aromatic nitrogens is 2. The average molecular weight is 246 g/mol. The first-order chi connectivity index (χ1) is 8.40. The van der Waals surface area contributed by atoms with Crippen LogP contribution in [-0.4, -0.2) is 21.6 Å². The smallest absolute Gasteiger partial charge is 0.204 e. The number of nitrogens with two attached hydrogens (primary N) is 1. The van der Waals surface area contributed by atoms with Crippen molar-refractivity contribution < 1.29 is 0 Å². The number of aryl methyl sites for hydroxylation is 1. The van der Waals surface area contributed by atoms with Gasteiger partial charge in [0.15, 0.2) is 0 Å². The lowest BCUT2D eigenvalue weighted by Gasteiger charge is -2.22. The Hall–Kier alpha value is -1.55. The van der Waals surface area contributed by atoms with E-state index in [9.17, 15) is 0 Å². The Balaban J connectivity index is 2.53. The summed E-state index contributed by atoms with van der Waals surface area (Å²) in [7, 11) is 0. The van der Waals surface area contributed by atoms with Crippen LogP contribution in [0.2, 0.25) is 0 Å². The summed E-state index contributed by atoms with van der Waals surface area (Å²) in [6.45, 7) is 9.85. The second-order valence-corrected chi connectivity index (χ2v) is 5.74. The SMILES string of the molecule is Cc1ccc2c(c1)nc(NC(C)(C)C)n2CCN. The number of fused-ring (bicyclic) bond motifs is 1. The topological polar surface area (TPSA) is 55.9 Å². The Morgan fingerprint density at radius 1 is 1.33 bits per heavy atom. The molecule has 18 heavy (non-hydrogen) atoms. The van der Waals surface area contributed by atoms with Crippen LogP contribution in [0, 0.1) is 6.92 Å². The Morgan fingerprint density at radius 3 is 2.67 bits per heavy atom. The lowest BCUT2D eigenvalue weighted by molar-refractivity contribution is 0.611. The molecule has 3 N–H and O–H groups in total. The normalized spacial score (nSPS) is 12.1. The molecule has 0 unspecified atom stereocenters. The van der Waals surface area contributed by atoms with E-state index in [0.717, 1.165) is 23.5 Å². The zero-order chi connectivity index (χ0) is 13.3. The monoisotopic (exact) mass is 246 g/mol. The molecule has 2 rings (SSSR count). The van der Waals surface area contributed by atoms with Crippen molar-refractivity contribution in [3.8, 4) is 0 Å². The second kappa shape index (κ2) is 4.61. The first-order valence-corrected chi connectivity index (χ1v) is 6.36. The number of imidazole rings is 1. The summed E-state index contributed by atoms with van der Waals surface area (Å²) >= 11 is 0. The van der Waals surface area contributed by atoms with Gasteiger partial charge in [0.05, 0.1) is 11.0 Å². The minimum Gasteiger partial charge on any atom is -0.351 e. The van der Waals surface area contributed by atoms with E-state index in [1.54, 1.807) is 0 Å². The molecule has 0 aliphatic rings. The van der Waals surface area contributed by atoms with Crippen LogP contribution < -0.4 is 11.1 Å². The van der Waals surface area contributed by atoms with Crippen LogP contribution in [0.4, 0.5) is 5.95 Å². The Kier molecular flexibility index (Phi) is 3.30. The molecule has 98 valence electrons. The largest absolute Gasteiger partial charge is 0.351 e. The molecule has 0 fully saturated rings. The molecule has 0 amide bonds. The highest BCUT2D eigenvalue weighted by molar-refractivity contribution is 5.79. The molecule has 4 heteroatoms. The molecular weight excluding hydrogens is 224 g/mol. The van der Waals surface area contributed by atoms with Gasteiger partial charge in [0.2, 0.25) is 5.95 Å². The quantitative estimate of drug-likeness (QED) is 0.875. The minimum atomic E-state index is -0.0111. The molecule has 0 spiro atoms. The predicted octanol–water partition coefficient (Wildman–Crippen LogP) is 2.51. The number of rotatable bonds is 3. The summed E-state index contributed by atoms with van der Waals surface area (Å²) < 4.78 is 2.15. The van der Waals surface area contributed by atoms with Crippen molar-refractivity contribution in [2.24, 2.45) is 5.73 Å². The van der Waals surface area contributed by atoms with Gasteiger partial charge in [-0.1, -0.05) is 6.07 Å². The molecule has 0 atom stereocenters. The minimum absolute atomic E-state index is 0.0111. The second-order valence-electron chi connectivity index (χ2n) is 5.74.